The van der Waals surface area contributed by atoms with Crippen LogP contribution in [0.3, 0.4) is 0 Å². The van der Waals surface area contributed by atoms with Gasteiger partial charge in [-0.05, 0) is 37.5 Å². The zero-order valence-electron chi connectivity index (χ0n) is 8.95. The Labute approximate surface area is 90.6 Å². The highest BCUT2D eigenvalue weighted by molar-refractivity contribution is 7.91. The molecule has 2 rings (SSSR count). The first-order valence-electron chi connectivity index (χ1n) is 5.01. The maximum Gasteiger partial charge on any atom is 0.179 e. The fraction of sp³-hybridized carbons (Fsp3) is 0.333. The van der Waals surface area contributed by atoms with Crippen molar-refractivity contribution in [2.75, 3.05) is 5.75 Å². The third-order valence-electron chi connectivity index (χ3n) is 2.77. The lowest BCUT2D eigenvalue weighted by molar-refractivity contribution is 0.594. The van der Waals surface area contributed by atoms with E-state index in [-0.39, 0.29) is 5.75 Å². The van der Waals surface area contributed by atoms with Gasteiger partial charge in [0.1, 0.15) is 0 Å². The first-order chi connectivity index (χ1) is 7.02. The summed E-state index contributed by atoms with van der Waals surface area (Å²) in [6, 6.07) is 7.27. The van der Waals surface area contributed by atoms with Crippen molar-refractivity contribution in [2.45, 2.75) is 25.2 Å². The van der Waals surface area contributed by atoms with E-state index in [2.05, 4.69) is 0 Å². The van der Waals surface area contributed by atoms with Gasteiger partial charge in [0.2, 0.25) is 0 Å². The van der Waals surface area contributed by atoms with Gasteiger partial charge in [-0.2, -0.15) is 0 Å². The van der Waals surface area contributed by atoms with Crippen LogP contribution in [-0.4, -0.2) is 14.2 Å². The molecule has 1 aliphatic rings. The third-order valence-corrected chi connectivity index (χ3v) is 4.54. The van der Waals surface area contributed by atoms with Gasteiger partial charge >= 0.3 is 0 Å². The highest BCUT2D eigenvalue weighted by Crippen LogP contribution is 2.34. The highest BCUT2D eigenvalue weighted by atomic mass is 32.2. The van der Waals surface area contributed by atoms with Gasteiger partial charge in [-0.1, -0.05) is 23.8 Å². The first kappa shape index (κ1) is 10.4. The Morgan fingerprint density at radius 1 is 1.20 bits per heavy atom. The van der Waals surface area contributed by atoms with Crippen molar-refractivity contribution in [3.8, 4) is 0 Å². The Hall–Kier alpha value is -1.09. The Kier molecular flexibility index (Phi) is 2.43. The summed E-state index contributed by atoms with van der Waals surface area (Å²) in [6.07, 6.45) is 0.641. The maximum absolute atomic E-state index is 11.8. The molecule has 0 N–H and O–H groups in total. The van der Waals surface area contributed by atoms with Gasteiger partial charge < -0.3 is 0 Å². The summed E-state index contributed by atoms with van der Waals surface area (Å²) < 4.78 is 23.6. The molecule has 15 heavy (non-hydrogen) atoms. The van der Waals surface area contributed by atoms with E-state index < -0.39 is 9.84 Å². The maximum atomic E-state index is 11.8. The molecule has 2 nitrogen and oxygen atoms in total. The molecular formula is C12H14O2S. The quantitative estimate of drug-likeness (QED) is 0.676. The smallest absolute Gasteiger partial charge is 0.179 e. The first-order valence-corrected chi connectivity index (χ1v) is 6.66. The third kappa shape index (κ3) is 1.72. The number of hydrogen-bond acceptors (Lipinski definition) is 2. The standard InChI is InChI=1S/C12H14O2S/c1-9(2)10-7-8-15(13,14)12-6-4-3-5-11(10)12/h3-6H,7-8H2,1-2H3. The molecule has 0 saturated carbocycles. The van der Waals surface area contributed by atoms with Crippen LogP contribution in [0.25, 0.3) is 5.57 Å². The zero-order valence-corrected chi connectivity index (χ0v) is 9.76. The lowest BCUT2D eigenvalue weighted by Gasteiger charge is -2.20. The van der Waals surface area contributed by atoms with E-state index in [1.807, 2.05) is 26.0 Å². The van der Waals surface area contributed by atoms with Crippen LogP contribution in [0.15, 0.2) is 34.7 Å². The van der Waals surface area contributed by atoms with Gasteiger partial charge in [-0.15, -0.1) is 0 Å². The Bertz CT molecular complexity index is 520. The summed E-state index contributed by atoms with van der Waals surface area (Å²) in [4.78, 5) is 0.493. The van der Waals surface area contributed by atoms with Crippen molar-refractivity contribution in [2.24, 2.45) is 0 Å². The van der Waals surface area contributed by atoms with E-state index in [0.29, 0.717) is 11.3 Å². The molecular weight excluding hydrogens is 208 g/mol. The Morgan fingerprint density at radius 3 is 2.53 bits per heavy atom. The van der Waals surface area contributed by atoms with Gasteiger partial charge in [0.25, 0.3) is 0 Å². The topological polar surface area (TPSA) is 34.1 Å². The molecule has 1 aliphatic heterocycles. The molecule has 1 aromatic carbocycles. The minimum atomic E-state index is -3.04. The van der Waals surface area contributed by atoms with Crippen LogP contribution in [-0.2, 0) is 9.84 Å². The van der Waals surface area contributed by atoms with Crippen molar-refractivity contribution < 1.29 is 8.42 Å². The second-order valence-corrected chi connectivity index (χ2v) is 6.12. The average molecular weight is 222 g/mol. The molecule has 0 aromatic heterocycles. The Balaban J connectivity index is 2.76. The molecule has 0 unspecified atom stereocenters. The summed E-state index contributed by atoms with van der Waals surface area (Å²) in [6.45, 7) is 4.06. The van der Waals surface area contributed by atoms with Crippen LogP contribution in [0.5, 0.6) is 0 Å². The SMILES string of the molecule is CC(C)=C1CCS(=O)(=O)c2ccccc21. The molecule has 80 valence electrons. The number of benzene rings is 1. The number of sulfone groups is 1. The minimum absolute atomic E-state index is 0.241. The molecule has 0 spiro atoms. The largest absolute Gasteiger partial charge is 0.224 e. The van der Waals surface area contributed by atoms with Gasteiger partial charge in [0, 0.05) is 0 Å². The van der Waals surface area contributed by atoms with Crippen molar-refractivity contribution >= 4 is 15.4 Å². The van der Waals surface area contributed by atoms with Crippen LogP contribution in [0.2, 0.25) is 0 Å². The van der Waals surface area contributed by atoms with Crippen LogP contribution < -0.4 is 0 Å². The lowest BCUT2D eigenvalue weighted by atomic mass is 9.99. The molecule has 0 bridgehead atoms. The fourth-order valence-corrected chi connectivity index (χ4v) is 3.49. The van der Waals surface area contributed by atoms with E-state index in [0.717, 1.165) is 5.56 Å². The number of hydrogen-bond donors (Lipinski definition) is 0. The minimum Gasteiger partial charge on any atom is -0.224 e. The summed E-state index contributed by atoms with van der Waals surface area (Å²) >= 11 is 0. The molecule has 1 aromatic rings. The van der Waals surface area contributed by atoms with Gasteiger partial charge in [0.05, 0.1) is 10.6 Å². The summed E-state index contributed by atoms with van der Waals surface area (Å²) in [5.41, 5.74) is 3.28. The van der Waals surface area contributed by atoms with Crippen LogP contribution in [0.4, 0.5) is 0 Å². The average Bonchev–Trinajstić information content (AvgIpc) is 2.17. The van der Waals surface area contributed by atoms with Crippen molar-refractivity contribution in [1.29, 1.82) is 0 Å². The van der Waals surface area contributed by atoms with Gasteiger partial charge in [-0.25, -0.2) is 8.42 Å². The van der Waals surface area contributed by atoms with E-state index in [9.17, 15) is 8.42 Å². The number of allylic oxidation sites excluding steroid dienone is 2. The second-order valence-electron chi connectivity index (χ2n) is 4.04. The summed E-state index contributed by atoms with van der Waals surface area (Å²) in [5, 5.41) is 0. The van der Waals surface area contributed by atoms with E-state index in [4.69, 9.17) is 0 Å². The normalized spacial score (nSPS) is 18.4. The zero-order chi connectivity index (χ0) is 11.1. The van der Waals surface area contributed by atoms with E-state index >= 15 is 0 Å². The van der Waals surface area contributed by atoms with E-state index in [1.54, 1.807) is 12.1 Å². The molecule has 0 saturated heterocycles. The molecule has 0 aliphatic carbocycles. The second kappa shape index (κ2) is 3.49. The number of rotatable bonds is 0. The lowest BCUT2D eigenvalue weighted by Crippen LogP contribution is -2.15. The molecule has 1 heterocycles. The predicted molar refractivity (Wildman–Crippen MR) is 61.4 cm³/mol. The van der Waals surface area contributed by atoms with Crippen LogP contribution in [0, 0.1) is 0 Å². The summed E-state index contributed by atoms with van der Waals surface area (Å²) in [5.74, 6) is 0.241. The molecule has 3 heteroatoms. The Morgan fingerprint density at radius 2 is 1.87 bits per heavy atom. The molecule has 0 amide bonds. The molecule has 0 fully saturated rings. The number of fused-ring (bicyclic) bond motifs is 1. The van der Waals surface area contributed by atoms with Crippen molar-refractivity contribution in [3.63, 3.8) is 0 Å². The van der Waals surface area contributed by atoms with Crippen LogP contribution >= 0.6 is 0 Å². The van der Waals surface area contributed by atoms with Gasteiger partial charge in [0.15, 0.2) is 9.84 Å². The highest BCUT2D eigenvalue weighted by Gasteiger charge is 2.26. The fourth-order valence-electron chi connectivity index (χ4n) is 1.99. The van der Waals surface area contributed by atoms with Crippen molar-refractivity contribution in [1.82, 2.24) is 0 Å². The van der Waals surface area contributed by atoms with Gasteiger partial charge in [-0.3, -0.25) is 0 Å². The van der Waals surface area contributed by atoms with Crippen molar-refractivity contribution in [3.05, 3.63) is 35.4 Å². The van der Waals surface area contributed by atoms with Crippen LogP contribution in [0.1, 0.15) is 25.8 Å². The monoisotopic (exact) mass is 222 g/mol. The summed E-state index contributed by atoms with van der Waals surface area (Å²) in [7, 11) is -3.04. The molecule has 0 atom stereocenters. The predicted octanol–water partition coefficient (Wildman–Crippen LogP) is 2.66. The van der Waals surface area contributed by atoms with E-state index in [1.165, 1.54) is 11.1 Å². The molecule has 0 radical (unpaired) electrons.